The van der Waals surface area contributed by atoms with E-state index in [1.807, 2.05) is 0 Å². The van der Waals surface area contributed by atoms with Crippen molar-refractivity contribution in [3.63, 3.8) is 0 Å². The summed E-state index contributed by atoms with van der Waals surface area (Å²) in [7, 11) is 3.25. The molecule has 1 aliphatic rings. The first-order chi connectivity index (χ1) is 10.1. The van der Waals surface area contributed by atoms with Gasteiger partial charge in [-0.3, -0.25) is 13.9 Å². The van der Waals surface area contributed by atoms with Crippen molar-refractivity contribution in [2.45, 2.75) is 18.9 Å². The molecule has 6 heteroatoms. The van der Waals surface area contributed by atoms with E-state index in [4.69, 9.17) is 4.74 Å². The van der Waals surface area contributed by atoms with E-state index in [-0.39, 0.29) is 17.3 Å². The van der Waals surface area contributed by atoms with Gasteiger partial charge >= 0.3 is 5.69 Å². The molecule has 2 aromatic rings. The number of nitrogens with one attached hydrogen (secondary N) is 1. The van der Waals surface area contributed by atoms with E-state index < -0.39 is 0 Å². The molecule has 1 aromatic heterocycles. The molecule has 0 amide bonds. The van der Waals surface area contributed by atoms with Crippen LogP contribution in [0.1, 0.15) is 18.9 Å². The van der Waals surface area contributed by atoms with Crippen molar-refractivity contribution in [2.24, 2.45) is 7.05 Å². The first kappa shape index (κ1) is 13.9. The summed E-state index contributed by atoms with van der Waals surface area (Å²) in [5.41, 5.74) is 0.114. The van der Waals surface area contributed by atoms with Gasteiger partial charge in [0, 0.05) is 19.7 Å². The van der Waals surface area contributed by atoms with E-state index in [2.05, 4.69) is 5.32 Å². The lowest BCUT2D eigenvalue weighted by molar-refractivity contribution is 0.351. The molecule has 1 atom stereocenters. The molecule has 0 radical (unpaired) electrons. The molecule has 112 valence electrons. The summed E-state index contributed by atoms with van der Waals surface area (Å²) in [5.74, 6) is 0.633. The summed E-state index contributed by atoms with van der Waals surface area (Å²) in [6.45, 7) is 1.60. The van der Waals surface area contributed by atoms with Crippen molar-refractivity contribution in [2.75, 3.05) is 20.2 Å². The predicted octanol–water partition coefficient (Wildman–Crippen LogP) is 0.633. The van der Waals surface area contributed by atoms with Crippen LogP contribution >= 0.6 is 0 Å². The van der Waals surface area contributed by atoms with Gasteiger partial charge in [0.15, 0.2) is 0 Å². The van der Waals surface area contributed by atoms with Gasteiger partial charge in [0.2, 0.25) is 0 Å². The summed E-state index contributed by atoms with van der Waals surface area (Å²) < 4.78 is 8.08. The molecule has 0 spiro atoms. The molecular formula is C15H19N3O3. The maximum absolute atomic E-state index is 12.7. The number of fused-ring (bicyclic) bond motifs is 1. The highest BCUT2D eigenvalue weighted by atomic mass is 16.5. The van der Waals surface area contributed by atoms with Crippen molar-refractivity contribution in [1.29, 1.82) is 0 Å². The lowest BCUT2D eigenvalue weighted by atomic mass is 10.1. The van der Waals surface area contributed by atoms with Gasteiger partial charge in [0.1, 0.15) is 5.75 Å². The molecule has 21 heavy (non-hydrogen) atoms. The largest absolute Gasteiger partial charge is 0.497 e. The molecule has 3 rings (SSSR count). The van der Waals surface area contributed by atoms with Gasteiger partial charge in [0.05, 0.1) is 24.1 Å². The number of aromatic nitrogens is 2. The fraction of sp³-hybridized carbons (Fsp3) is 0.467. The van der Waals surface area contributed by atoms with Gasteiger partial charge < -0.3 is 10.1 Å². The average Bonchev–Trinajstić information content (AvgIpc) is 2.53. The molecule has 0 saturated carbocycles. The highest BCUT2D eigenvalue weighted by Gasteiger charge is 2.21. The van der Waals surface area contributed by atoms with Crippen LogP contribution in [0.3, 0.4) is 0 Å². The van der Waals surface area contributed by atoms with E-state index in [0.29, 0.717) is 23.2 Å². The number of benzene rings is 1. The van der Waals surface area contributed by atoms with Crippen molar-refractivity contribution >= 4 is 10.9 Å². The third kappa shape index (κ3) is 2.25. The van der Waals surface area contributed by atoms with Crippen LogP contribution in [-0.2, 0) is 7.05 Å². The van der Waals surface area contributed by atoms with E-state index in [1.165, 1.54) is 9.13 Å². The highest BCUT2D eigenvalue weighted by Crippen LogP contribution is 2.18. The van der Waals surface area contributed by atoms with Crippen molar-refractivity contribution < 1.29 is 4.74 Å². The fourth-order valence-corrected chi connectivity index (χ4v) is 2.95. The highest BCUT2D eigenvalue weighted by molar-refractivity contribution is 5.79. The summed E-state index contributed by atoms with van der Waals surface area (Å²) in [4.78, 5) is 25.2. The molecule has 1 aromatic carbocycles. The average molecular weight is 289 g/mol. The minimum absolute atomic E-state index is 0.0727. The number of hydrogen-bond donors (Lipinski definition) is 1. The minimum Gasteiger partial charge on any atom is -0.497 e. The topological polar surface area (TPSA) is 65.3 Å². The number of ether oxygens (including phenoxy) is 1. The maximum Gasteiger partial charge on any atom is 0.331 e. The molecule has 2 heterocycles. The minimum atomic E-state index is -0.269. The van der Waals surface area contributed by atoms with Gasteiger partial charge in [-0.05, 0) is 31.5 Å². The Hall–Kier alpha value is -2.08. The Morgan fingerprint density at radius 3 is 2.81 bits per heavy atom. The fourth-order valence-electron chi connectivity index (χ4n) is 2.95. The Morgan fingerprint density at radius 1 is 1.33 bits per heavy atom. The van der Waals surface area contributed by atoms with Crippen LogP contribution in [0.15, 0.2) is 27.8 Å². The number of methoxy groups -OCH3 is 1. The van der Waals surface area contributed by atoms with E-state index in [0.717, 1.165) is 19.4 Å². The Bertz CT molecular complexity index is 785. The lowest BCUT2D eigenvalue weighted by Gasteiger charge is -2.25. The van der Waals surface area contributed by atoms with Crippen molar-refractivity contribution in [1.82, 2.24) is 14.5 Å². The Labute approximate surface area is 122 Å². The predicted molar refractivity (Wildman–Crippen MR) is 81.1 cm³/mol. The molecule has 1 unspecified atom stereocenters. The van der Waals surface area contributed by atoms with Crippen LogP contribution in [0.2, 0.25) is 0 Å². The smallest absolute Gasteiger partial charge is 0.331 e. The summed E-state index contributed by atoms with van der Waals surface area (Å²) in [6.07, 6.45) is 1.82. The van der Waals surface area contributed by atoms with Crippen molar-refractivity contribution in [3.05, 3.63) is 39.0 Å². The second-order valence-electron chi connectivity index (χ2n) is 5.40. The van der Waals surface area contributed by atoms with E-state index >= 15 is 0 Å². The quantitative estimate of drug-likeness (QED) is 0.881. The van der Waals surface area contributed by atoms with Crippen LogP contribution in [0.25, 0.3) is 10.9 Å². The first-order valence-electron chi connectivity index (χ1n) is 7.13. The third-order valence-electron chi connectivity index (χ3n) is 4.14. The summed E-state index contributed by atoms with van der Waals surface area (Å²) in [6, 6.07) is 5.12. The van der Waals surface area contributed by atoms with Gasteiger partial charge in [0.25, 0.3) is 5.56 Å². The van der Waals surface area contributed by atoms with Gasteiger partial charge in [-0.25, -0.2) is 4.79 Å². The normalized spacial score (nSPS) is 18.9. The van der Waals surface area contributed by atoms with Crippen LogP contribution in [0, 0.1) is 0 Å². The van der Waals surface area contributed by atoms with Gasteiger partial charge in [-0.2, -0.15) is 0 Å². The Balaban J connectivity index is 2.27. The van der Waals surface area contributed by atoms with E-state index in [9.17, 15) is 9.59 Å². The molecule has 1 saturated heterocycles. The zero-order valence-corrected chi connectivity index (χ0v) is 12.3. The zero-order valence-electron chi connectivity index (χ0n) is 12.3. The summed E-state index contributed by atoms with van der Waals surface area (Å²) >= 11 is 0. The molecule has 1 aliphatic heterocycles. The molecule has 0 aliphatic carbocycles. The standard InChI is InChI=1S/C15H19N3O3/c1-17-13-8-11(21-2)5-6-12(13)14(19)18(15(17)20)10-4-3-7-16-9-10/h5-6,8,10,16H,3-4,7,9H2,1-2H3. The van der Waals surface area contributed by atoms with Crippen molar-refractivity contribution in [3.8, 4) is 5.75 Å². The van der Waals surface area contributed by atoms with Crippen LogP contribution in [0.4, 0.5) is 0 Å². The third-order valence-corrected chi connectivity index (χ3v) is 4.14. The first-order valence-corrected chi connectivity index (χ1v) is 7.13. The number of nitrogens with zero attached hydrogens (tertiary/aromatic N) is 2. The maximum atomic E-state index is 12.7. The lowest BCUT2D eigenvalue weighted by Crippen LogP contribution is -2.46. The van der Waals surface area contributed by atoms with Crippen LogP contribution in [-0.4, -0.2) is 29.3 Å². The molecule has 1 N–H and O–H groups in total. The summed E-state index contributed by atoms with van der Waals surface area (Å²) in [5, 5.41) is 3.79. The Kier molecular flexibility index (Phi) is 3.55. The van der Waals surface area contributed by atoms with Crippen LogP contribution in [0.5, 0.6) is 5.75 Å². The number of rotatable bonds is 2. The molecule has 0 bridgehead atoms. The Morgan fingerprint density at radius 2 is 2.14 bits per heavy atom. The SMILES string of the molecule is COc1ccc2c(=O)n(C3CCCNC3)c(=O)n(C)c2c1. The molecular weight excluding hydrogens is 270 g/mol. The van der Waals surface area contributed by atoms with Crippen LogP contribution < -0.4 is 21.3 Å². The molecule has 1 fully saturated rings. The second-order valence-corrected chi connectivity index (χ2v) is 5.40. The van der Waals surface area contributed by atoms with E-state index in [1.54, 1.807) is 32.4 Å². The molecule has 6 nitrogen and oxygen atoms in total. The van der Waals surface area contributed by atoms with Gasteiger partial charge in [-0.1, -0.05) is 0 Å². The second kappa shape index (κ2) is 5.37. The number of aryl methyl sites for hydroxylation is 1. The zero-order chi connectivity index (χ0) is 15.0. The number of hydrogen-bond acceptors (Lipinski definition) is 4. The monoisotopic (exact) mass is 289 g/mol. The van der Waals surface area contributed by atoms with Gasteiger partial charge in [-0.15, -0.1) is 0 Å². The number of piperidine rings is 1.